The SMILES string of the molecule is COc1ccc(CC(=O)Nc2cc(N3CCCS3(=O)=O)ccc2OC)cc1. The number of amides is 1. The lowest BCUT2D eigenvalue weighted by molar-refractivity contribution is -0.115. The van der Waals surface area contributed by atoms with Crippen molar-refractivity contribution in [3.8, 4) is 11.5 Å². The van der Waals surface area contributed by atoms with E-state index >= 15 is 0 Å². The fourth-order valence-corrected chi connectivity index (χ4v) is 4.56. The molecule has 0 aliphatic carbocycles. The highest BCUT2D eigenvalue weighted by molar-refractivity contribution is 7.93. The van der Waals surface area contributed by atoms with E-state index in [1.165, 1.54) is 11.4 Å². The van der Waals surface area contributed by atoms with Crippen LogP contribution >= 0.6 is 0 Å². The molecule has 1 heterocycles. The van der Waals surface area contributed by atoms with Crippen molar-refractivity contribution >= 4 is 27.3 Å². The van der Waals surface area contributed by atoms with Gasteiger partial charge in [0.1, 0.15) is 11.5 Å². The predicted molar refractivity (Wildman–Crippen MR) is 104 cm³/mol. The lowest BCUT2D eigenvalue weighted by atomic mass is 10.1. The van der Waals surface area contributed by atoms with Gasteiger partial charge in [0.15, 0.2) is 0 Å². The molecule has 1 amide bonds. The summed E-state index contributed by atoms with van der Waals surface area (Å²) in [6.45, 7) is 0.438. The minimum Gasteiger partial charge on any atom is -0.497 e. The Hall–Kier alpha value is -2.74. The smallest absolute Gasteiger partial charge is 0.235 e. The Morgan fingerprint density at radius 2 is 1.85 bits per heavy atom. The predicted octanol–water partition coefficient (Wildman–Crippen LogP) is 2.42. The zero-order valence-electron chi connectivity index (χ0n) is 15.3. The van der Waals surface area contributed by atoms with Crippen molar-refractivity contribution in [2.75, 3.05) is 36.1 Å². The van der Waals surface area contributed by atoms with Crippen LogP contribution in [0.1, 0.15) is 12.0 Å². The maximum absolute atomic E-state index is 12.4. The molecule has 0 radical (unpaired) electrons. The van der Waals surface area contributed by atoms with E-state index in [1.807, 2.05) is 12.1 Å². The van der Waals surface area contributed by atoms with Crippen molar-refractivity contribution in [2.24, 2.45) is 0 Å². The van der Waals surface area contributed by atoms with Crippen LogP contribution in [0, 0.1) is 0 Å². The molecular formula is C19H22N2O5S. The van der Waals surface area contributed by atoms with Gasteiger partial charge in [0.25, 0.3) is 0 Å². The van der Waals surface area contributed by atoms with Gasteiger partial charge in [-0.3, -0.25) is 9.10 Å². The average Bonchev–Trinajstić information content (AvgIpc) is 3.01. The molecule has 2 aromatic carbocycles. The number of nitrogens with one attached hydrogen (secondary N) is 1. The minimum absolute atomic E-state index is 0.137. The number of hydrogen-bond donors (Lipinski definition) is 1. The highest BCUT2D eigenvalue weighted by Crippen LogP contribution is 2.32. The Kier molecular flexibility index (Phi) is 5.55. The fraction of sp³-hybridized carbons (Fsp3) is 0.316. The standard InChI is InChI=1S/C19H22N2O5S/c1-25-16-7-4-14(5-8-16)12-19(22)20-17-13-15(6-9-18(17)26-2)21-10-3-11-27(21,23)24/h4-9,13H,3,10-12H2,1-2H3,(H,20,22). The fourth-order valence-electron chi connectivity index (χ4n) is 3.00. The summed E-state index contributed by atoms with van der Waals surface area (Å²) in [7, 11) is -0.207. The Balaban J connectivity index is 1.78. The van der Waals surface area contributed by atoms with Gasteiger partial charge < -0.3 is 14.8 Å². The van der Waals surface area contributed by atoms with Crippen molar-refractivity contribution in [1.29, 1.82) is 0 Å². The molecule has 3 rings (SSSR count). The second-order valence-electron chi connectivity index (χ2n) is 6.20. The molecule has 1 aliphatic heterocycles. The molecule has 0 atom stereocenters. The quantitative estimate of drug-likeness (QED) is 0.819. The number of sulfonamides is 1. The summed E-state index contributed by atoms with van der Waals surface area (Å²) in [5.41, 5.74) is 1.80. The maximum atomic E-state index is 12.4. The van der Waals surface area contributed by atoms with Crippen molar-refractivity contribution < 1.29 is 22.7 Å². The Bertz CT molecular complexity index is 926. The summed E-state index contributed by atoms with van der Waals surface area (Å²) >= 11 is 0. The van der Waals surface area contributed by atoms with Gasteiger partial charge in [-0.25, -0.2) is 8.42 Å². The van der Waals surface area contributed by atoms with E-state index in [1.54, 1.807) is 37.4 Å². The molecule has 0 saturated carbocycles. The highest BCUT2D eigenvalue weighted by atomic mass is 32.2. The molecule has 0 bridgehead atoms. The number of anilines is 2. The molecular weight excluding hydrogens is 368 g/mol. The molecule has 1 fully saturated rings. The van der Waals surface area contributed by atoms with E-state index < -0.39 is 10.0 Å². The lowest BCUT2D eigenvalue weighted by Gasteiger charge is -2.19. The van der Waals surface area contributed by atoms with E-state index in [2.05, 4.69) is 5.32 Å². The number of carbonyl (C=O) groups is 1. The maximum Gasteiger partial charge on any atom is 0.235 e. The van der Waals surface area contributed by atoms with E-state index in [-0.39, 0.29) is 18.1 Å². The van der Waals surface area contributed by atoms with E-state index in [0.717, 1.165) is 11.3 Å². The van der Waals surface area contributed by atoms with Crippen LogP contribution in [0.25, 0.3) is 0 Å². The van der Waals surface area contributed by atoms with Gasteiger partial charge >= 0.3 is 0 Å². The van der Waals surface area contributed by atoms with E-state index in [9.17, 15) is 13.2 Å². The zero-order valence-corrected chi connectivity index (χ0v) is 16.1. The third-order valence-electron chi connectivity index (χ3n) is 4.37. The first-order chi connectivity index (χ1) is 12.9. The van der Waals surface area contributed by atoms with E-state index in [0.29, 0.717) is 30.1 Å². The molecule has 2 aromatic rings. The van der Waals surface area contributed by atoms with Crippen molar-refractivity contribution in [2.45, 2.75) is 12.8 Å². The zero-order chi connectivity index (χ0) is 19.4. The van der Waals surface area contributed by atoms with Gasteiger partial charge in [0.2, 0.25) is 15.9 Å². The number of nitrogens with zero attached hydrogens (tertiary/aromatic N) is 1. The molecule has 27 heavy (non-hydrogen) atoms. The molecule has 0 unspecified atom stereocenters. The lowest BCUT2D eigenvalue weighted by Crippen LogP contribution is -2.25. The topological polar surface area (TPSA) is 84.9 Å². The number of methoxy groups -OCH3 is 2. The Labute approximate surface area is 158 Å². The monoisotopic (exact) mass is 390 g/mol. The van der Waals surface area contributed by atoms with Crippen LogP contribution in [-0.4, -0.2) is 40.8 Å². The van der Waals surface area contributed by atoms with Crippen molar-refractivity contribution in [3.63, 3.8) is 0 Å². The molecule has 144 valence electrons. The van der Waals surface area contributed by atoms with Gasteiger partial charge in [-0.1, -0.05) is 12.1 Å². The van der Waals surface area contributed by atoms with E-state index in [4.69, 9.17) is 9.47 Å². The van der Waals surface area contributed by atoms with Gasteiger partial charge in [-0.15, -0.1) is 0 Å². The summed E-state index contributed by atoms with van der Waals surface area (Å²) in [5, 5.41) is 2.81. The van der Waals surface area contributed by atoms with Crippen LogP contribution in [0.3, 0.4) is 0 Å². The summed E-state index contributed by atoms with van der Waals surface area (Å²) < 4.78 is 36.1. The molecule has 1 saturated heterocycles. The summed E-state index contributed by atoms with van der Waals surface area (Å²) in [5.74, 6) is 1.11. The van der Waals surface area contributed by atoms with Gasteiger partial charge in [-0.2, -0.15) is 0 Å². The molecule has 0 spiro atoms. The van der Waals surface area contributed by atoms with Gasteiger partial charge in [0, 0.05) is 6.54 Å². The van der Waals surface area contributed by atoms with Crippen LogP contribution in [-0.2, 0) is 21.2 Å². The average molecular weight is 390 g/mol. The number of rotatable bonds is 6. The Morgan fingerprint density at radius 3 is 2.44 bits per heavy atom. The van der Waals surface area contributed by atoms with Crippen LogP contribution in [0.4, 0.5) is 11.4 Å². The van der Waals surface area contributed by atoms with Crippen LogP contribution in [0.5, 0.6) is 11.5 Å². The summed E-state index contributed by atoms with van der Waals surface area (Å²) in [4.78, 5) is 12.4. The normalized spacial score (nSPS) is 15.4. The number of ether oxygens (including phenoxy) is 2. The number of hydrogen-bond acceptors (Lipinski definition) is 5. The number of carbonyl (C=O) groups excluding carboxylic acids is 1. The highest BCUT2D eigenvalue weighted by Gasteiger charge is 2.29. The third-order valence-corrected chi connectivity index (χ3v) is 6.24. The first-order valence-electron chi connectivity index (χ1n) is 8.54. The van der Waals surface area contributed by atoms with Crippen LogP contribution < -0.4 is 19.1 Å². The molecule has 7 nitrogen and oxygen atoms in total. The minimum atomic E-state index is -3.29. The third kappa shape index (κ3) is 4.33. The Morgan fingerprint density at radius 1 is 1.11 bits per heavy atom. The van der Waals surface area contributed by atoms with Crippen LogP contribution in [0.15, 0.2) is 42.5 Å². The van der Waals surface area contributed by atoms with Gasteiger partial charge in [0.05, 0.1) is 37.8 Å². The first-order valence-corrected chi connectivity index (χ1v) is 10.1. The largest absolute Gasteiger partial charge is 0.497 e. The molecule has 1 aliphatic rings. The van der Waals surface area contributed by atoms with Crippen molar-refractivity contribution in [1.82, 2.24) is 0 Å². The molecule has 1 N–H and O–H groups in total. The second-order valence-corrected chi connectivity index (χ2v) is 8.21. The first kappa shape index (κ1) is 19.0. The summed E-state index contributed by atoms with van der Waals surface area (Å²) in [6.07, 6.45) is 0.771. The molecule has 8 heteroatoms. The van der Waals surface area contributed by atoms with Crippen molar-refractivity contribution in [3.05, 3.63) is 48.0 Å². The second kappa shape index (κ2) is 7.87. The molecule has 0 aromatic heterocycles. The van der Waals surface area contributed by atoms with Gasteiger partial charge in [-0.05, 0) is 42.3 Å². The summed E-state index contributed by atoms with van der Waals surface area (Å²) in [6, 6.07) is 12.2. The number of benzene rings is 2. The van der Waals surface area contributed by atoms with Crippen LogP contribution in [0.2, 0.25) is 0 Å².